The van der Waals surface area contributed by atoms with Gasteiger partial charge in [-0.25, -0.2) is 0 Å². The molecule has 134 valence electrons. The molecule has 6 nitrogen and oxygen atoms in total. The van der Waals surface area contributed by atoms with Crippen molar-refractivity contribution in [3.8, 4) is 11.5 Å². The van der Waals surface area contributed by atoms with Crippen molar-refractivity contribution in [3.05, 3.63) is 58.5 Å². The minimum Gasteiger partial charge on any atom is -0.352 e. The number of amides is 1. The van der Waals surface area contributed by atoms with Crippen LogP contribution >= 0.6 is 11.3 Å². The molecule has 1 aromatic carbocycles. The summed E-state index contributed by atoms with van der Waals surface area (Å²) in [6, 6.07) is 11.9. The number of likely N-dealkylation sites (tertiary alicyclic amines) is 1. The van der Waals surface area contributed by atoms with Crippen LogP contribution in [-0.4, -0.2) is 40.1 Å². The van der Waals surface area contributed by atoms with Gasteiger partial charge < -0.3 is 9.84 Å². The smallest absolute Gasteiger partial charge is 0.257 e. The minimum absolute atomic E-state index is 0.0844. The molecule has 2 aromatic heterocycles. The van der Waals surface area contributed by atoms with Crippen molar-refractivity contribution in [2.45, 2.75) is 25.4 Å². The lowest BCUT2D eigenvalue weighted by Gasteiger charge is -2.14. The second-order valence-corrected chi connectivity index (χ2v) is 7.26. The number of rotatable bonds is 6. The van der Waals surface area contributed by atoms with E-state index in [0.717, 1.165) is 30.6 Å². The highest BCUT2D eigenvalue weighted by atomic mass is 32.1. The van der Waals surface area contributed by atoms with E-state index in [1.807, 2.05) is 47.2 Å². The lowest BCUT2D eigenvalue weighted by Crippen LogP contribution is -2.37. The number of hydrogen-bond donors (Lipinski definition) is 1. The van der Waals surface area contributed by atoms with Crippen molar-refractivity contribution < 1.29 is 9.32 Å². The highest BCUT2D eigenvalue weighted by Gasteiger charge is 2.25. The second kappa shape index (κ2) is 7.80. The van der Waals surface area contributed by atoms with Crippen LogP contribution in [0.1, 0.15) is 17.8 Å². The molecule has 1 atom stereocenters. The first-order valence-electron chi connectivity index (χ1n) is 8.67. The third-order valence-corrected chi connectivity index (χ3v) is 5.17. The van der Waals surface area contributed by atoms with Crippen LogP contribution in [0.3, 0.4) is 0 Å². The molecule has 4 rings (SSSR count). The van der Waals surface area contributed by atoms with Crippen LogP contribution in [0.5, 0.6) is 0 Å². The summed E-state index contributed by atoms with van der Waals surface area (Å²) >= 11 is 1.62. The molecule has 0 radical (unpaired) electrons. The number of thiophene rings is 1. The number of carbonyl (C=O) groups is 1. The number of aromatic nitrogens is 2. The SMILES string of the molecule is O=C(Cc1ccsc1)N[C@H]1CCN(Cc2noc(-c3ccccc3)n2)C1. The Balaban J connectivity index is 1.28. The molecule has 0 unspecified atom stereocenters. The van der Waals surface area contributed by atoms with Crippen molar-refractivity contribution in [1.29, 1.82) is 0 Å². The van der Waals surface area contributed by atoms with Gasteiger partial charge in [0.2, 0.25) is 5.91 Å². The zero-order valence-corrected chi connectivity index (χ0v) is 15.1. The molecule has 1 amide bonds. The third kappa shape index (κ3) is 4.17. The average Bonchev–Trinajstić information content (AvgIpc) is 3.39. The van der Waals surface area contributed by atoms with Gasteiger partial charge in [0.1, 0.15) is 0 Å². The van der Waals surface area contributed by atoms with E-state index in [0.29, 0.717) is 24.7 Å². The highest BCUT2D eigenvalue weighted by Crippen LogP contribution is 2.18. The Morgan fingerprint density at radius 3 is 3.00 bits per heavy atom. The zero-order valence-electron chi connectivity index (χ0n) is 14.3. The molecule has 1 saturated heterocycles. The predicted octanol–water partition coefficient (Wildman–Crippen LogP) is 2.73. The number of hydrogen-bond acceptors (Lipinski definition) is 6. The summed E-state index contributed by atoms with van der Waals surface area (Å²) in [7, 11) is 0. The van der Waals surface area contributed by atoms with Crippen LogP contribution in [0.2, 0.25) is 0 Å². The van der Waals surface area contributed by atoms with E-state index in [4.69, 9.17) is 4.52 Å². The Hall–Kier alpha value is -2.51. The van der Waals surface area contributed by atoms with Crippen LogP contribution in [0.25, 0.3) is 11.5 Å². The molecule has 1 fully saturated rings. The van der Waals surface area contributed by atoms with Gasteiger partial charge in [0.25, 0.3) is 5.89 Å². The van der Waals surface area contributed by atoms with Crippen LogP contribution in [0.4, 0.5) is 0 Å². The highest BCUT2D eigenvalue weighted by molar-refractivity contribution is 7.08. The van der Waals surface area contributed by atoms with Crippen LogP contribution in [0, 0.1) is 0 Å². The molecule has 26 heavy (non-hydrogen) atoms. The molecule has 3 aromatic rings. The van der Waals surface area contributed by atoms with Crippen molar-refractivity contribution in [2.75, 3.05) is 13.1 Å². The summed E-state index contributed by atoms with van der Waals surface area (Å²) in [6.07, 6.45) is 1.39. The molecule has 0 aliphatic carbocycles. The predicted molar refractivity (Wildman–Crippen MR) is 99.6 cm³/mol. The van der Waals surface area contributed by atoms with E-state index < -0.39 is 0 Å². The first-order valence-corrected chi connectivity index (χ1v) is 9.61. The van der Waals surface area contributed by atoms with Gasteiger partial charge in [-0.3, -0.25) is 9.69 Å². The Labute approximate surface area is 155 Å². The minimum atomic E-state index is 0.0844. The standard InChI is InChI=1S/C19H20N4O2S/c24-18(10-14-7-9-26-13-14)20-16-6-8-23(11-16)12-17-21-19(25-22-17)15-4-2-1-3-5-15/h1-5,7,9,13,16H,6,8,10-12H2,(H,20,24)/t16-/m0/s1. The van der Waals surface area contributed by atoms with Gasteiger partial charge in [0.15, 0.2) is 5.82 Å². The second-order valence-electron chi connectivity index (χ2n) is 6.48. The molecule has 7 heteroatoms. The molecule has 1 aliphatic heterocycles. The van der Waals surface area contributed by atoms with Crippen molar-refractivity contribution in [2.24, 2.45) is 0 Å². The lowest BCUT2D eigenvalue weighted by atomic mass is 10.2. The summed E-state index contributed by atoms with van der Waals surface area (Å²) in [5.41, 5.74) is 1.99. The monoisotopic (exact) mass is 368 g/mol. The summed E-state index contributed by atoms with van der Waals surface area (Å²) in [6.45, 7) is 2.36. The Morgan fingerprint density at radius 1 is 1.31 bits per heavy atom. The van der Waals surface area contributed by atoms with Gasteiger partial charge in [0, 0.05) is 24.7 Å². The first kappa shape index (κ1) is 16.9. The maximum absolute atomic E-state index is 12.1. The van der Waals surface area contributed by atoms with E-state index in [2.05, 4.69) is 20.4 Å². The van der Waals surface area contributed by atoms with Crippen molar-refractivity contribution in [3.63, 3.8) is 0 Å². The molecule has 1 N–H and O–H groups in total. The van der Waals surface area contributed by atoms with Gasteiger partial charge >= 0.3 is 0 Å². The van der Waals surface area contributed by atoms with Crippen molar-refractivity contribution >= 4 is 17.2 Å². The molecular formula is C19H20N4O2S. The number of carbonyl (C=O) groups excluding carboxylic acids is 1. The average molecular weight is 368 g/mol. The quantitative estimate of drug-likeness (QED) is 0.724. The number of nitrogens with one attached hydrogen (secondary N) is 1. The largest absolute Gasteiger partial charge is 0.352 e. The summed E-state index contributed by atoms with van der Waals surface area (Å²) in [5, 5.41) is 11.2. The van der Waals surface area contributed by atoms with Crippen molar-refractivity contribution in [1.82, 2.24) is 20.4 Å². The number of benzene rings is 1. The summed E-state index contributed by atoms with van der Waals surface area (Å²) in [4.78, 5) is 18.8. The normalized spacial score (nSPS) is 17.5. The molecule has 0 saturated carbocycles. The van der Waals surface area contributed by atoms with Crippen LogP contribution in [0.15, 0.2) is 51.7 Å². The Morgan fingerprint density at radius 2 is 2.19 bits per heavy atom. The van der Waals surface area contributed by atoms with Gasteiger partial charge in [0.05, 0.1) is 13.0 Å². The van der Waals surface area contributed by atoms with E-state index in [1.54, 1.807) is 11.3 Å². The van der Waals surface area contributed by atoms with Crippen LogP contribution < -0.4 is 5.32 Å². The molecule has 1 aliphatic rings. The molecule has 3 heterocycles. The fourth-order valence-electron chi connectivity index (χ4n) is 3.17. The number of nitrogens with zero attached hydrogens (tertiary/aromatic N) is 3. The van der Waals surface area contributed by atoms with E-state index in [1.165, 1.54) is 0 Å². The van der Waals surface area contributed by atoms with E-state index in [-0.39, 0.29) is 11.9 Å². The molecular weight excluding hydrogens is 348 g/mol. The van der Waals surface area contributed by atoms with Crippen LogP contribution in [-0.2, 0) is 17.8 Å². The zero-order chi connectivity index (χ0) is 17.8. The lowest BCUT2D eigenvalue weighted by molar-refractivity contribution is -0.121. The van der Waals surface area contributed by atoms with E-state index in [9.17, 15) is 4.79 Å². The van der Waals surface area contributed by atoms with Gasteiger partial charge in [-0.15, -0.1) is 0 Å². The molecule has 0 spiro atoms. The third-order valence-electron chi connectivity index (χ3n) is 4.44. The van der Waals surface area contributed by atoms with Gasteiger partial charge in [-0.05, 0) is 40.9 Å². The Kier molecular flexibility index (Phi) is 5.08. The first-order chi connectivity index (χ1) is 12.8. The maximum atomic E-state index is 12.1. The van der Waals surface area contributed by atoms with E-state index >= 15 is 0 Å². The summed E-state index contributed by atoms with van der Waals surface area (Å²) in [5.74, 6) is 1.30. The van der Waals surface area contributed by atoms with Gasteiger partial charge in [-0.1, -0.05) is 23.4 Å². The fraction of sp³-hybridized carbons (Fsp3) is 0.316. The fourth-order valence-corrected chi connectivity index (χ4v) is 3.84. The molecule has 0 bridgehead atoms. The Bertz CT molecular complexity index is 848. The topological polar surface area (TPSA) is 71.3 Å². The summed E-state index contributed by atoms with van der Waals surface area (Å²) < 4.78 is 5.35. The van der Waals surface area contributed by atoms with Gasteiger partial charge in [-0.2, -0.15) is 16.3 Å². The maximum Gasteiger partial charge on any atom is 0.257 e.